The summed E-state index contributed by atoms with van der Waals surface area (Å²) in [6.07, 6.45) is 2.72. The number of nitrogens with zero attached hydrogens (tertiary/aromatic N) is 3. The van der Waals surface area contributed by atoms with E-state index < -0.39 is 0 Å². The van der Waals surface area contributed by atoms with Crippen LogP contribution in [-0.4, -0.2) is 52.7 Å². The molecule has 1 aliphatic rings. The second kappa shape index (κ2) is 6.50. The van der Waals surface area contributed by atoms with Gasteiger partial charge in [-0.15, -0.1) is 0 Å². The fourth-order valence-electron chi connectivity index (χ4n) is 2.85. The van der Waals surface area contributed by atoms with Crippen LogP contribution in [0.15, 0.2) is 0 Å². The SMILES string of the molecule is COC1CCCN(Cc2c(C)nn(CCO)c2C)C1. The summed E-state index contributed by atoms with van der Waals surface area (Å²) in [6.45, 7) is 7.91. The second-order valence-electron chi connectivity index (χ2n) is 5.33. The molecule has 0 radical (unpaired) electrons. The Morgan fingerprint density at radius 2 is 2.21 bits per heavy atom. The average molecular weight is 267 g/mol. The van der Waals surface area contributed by atoms with Gasteiger partial charge in [0.2, 0.25) is 0 Å². The maximum Gasteiger partial charge on any atom is 0.0698 e. The van der Waals surface area contributed by atoms with Gasteiger partial charge in [0, 0.05) is 31.5 Å². The van der Waals surface area contributed by atoms with E-state index >= 15 is 0 Å². The van der Waals surface area contributed by atoms with Gasteiger partial charge in [-0.05, 0) is 33.2 Å². The van der Waals surface area contributed by atoms with E-state index in [0.717, 1.165) is 31.7 Å². The molecular formula is C14H25N3O2. The summed E-state index contributed by atoms with van der Waals surface area (Å²) >= 11 is 0. The zero-order valence-electron chi connectivity index (χ0n) is 12.2. The Labute approximate surface area is 115 Å². The van der Waals surface area contributed by atoms with Crippen LogP contribution in [0, 0.1) is 13.8 Å². The highest BCUT2D eigenvalue weighted by Gasteiger charge is 2.21. The fourth-order valence-corrected chi connectivity index (χ4v) is 2.85. The van der Waals surface area contributed by atoms with Crippen molar-refractivity contribution in [3.63, 3.8) is 0 Å². The first kappa shape index (κ1) is 14.5. The maximum absolute atomic E-state index is 9.04. The van der Waals surface area contributed by atoms with Crippen LogP contribution in [0.3, 0.4) is 0 Å². The summed E-state index contributed by atoms with van der Waals surface area (Å²) in [5.74, 6) is 0. The molecule has 5 nitrogen and oxygen atoms in total. The van der Waals surface area contributed by atoms with Crippen LogP contribution in [-0.2, 0) is 17.8 Å². The first-order valence-electron chi connectivity index (χ1n) is 7.04. The molecule has 1 aromatic heterocycles. The Morgan fingerprint density at radius 3 is 2.89 bits per heavy atom. The normalized spacial score (nSPS) is 20.9. The minimum atomic E-state index is 0.136. The zero-order valence-corrected chi connectivity index (χ0v) is 12.2. The number of aliphatic hydroxyl groups is 1. The standard InChI is InChI=1S/C14H25N3O2/c1-11-14(12(2)17(15-11)7-8-18)10-16-6-4-5-13(9-16)19-3/h13,18H,4-10H2,1-3H3. The molecule has 0 aliphatic carbocycles. The molecule has 1 fully saturated rings. The molecule has 1 aliphatic heterocycles. The van der Waals surface area contributed by atoms with Gasteiger partial charge in [0.1, 0.15) is 0 Å². The number of aliphatic hydroxyl groups excluding tert-OH is 1. The molecule has 5 heteroatoms. The number of hydrogen-bond donors (Lipinski definition) is 1. The van der Waals surface area contributed by atoms with Gasteiger partial charge in [-0.2, -0.15) is 5.10 Å². The van der Waals surface area contributed by atoms with Gasteiger partial charge in [-0.25, -0.2) is 0 Å². The summed E-state index contributed by atoms with van der Waals surface area (Å²) in [6, 6.07) is 0. The molecule has 2 rings (SSSR count). The van der Waals surface area contributed by atoms with Crippen molar-refractivity contribution in [2.75, 3.05) is 26.8 Å². The lowest BCUT2D eigenvalue weighted by Gasteiger charge is -2.31. The van der Waals surface area contributed by atoms with Gasteiger partial charge < -0.3 is 9.84 Å². The highest BCUT2D eigenvalue weighted by atomic mass is 16.5. The largest absolute Gasteiger partial charge is 0.394 e. The van der Waals surface area contributed by atoms with E-state index in [1.807, 2.05) is 11.6 Å². The molecule has 1 saturated heterocycles. The predicted octanol–water partition coefficient (Wildman–Crippen LogP) is 1.10. The van der Waals surface area contributed by atoms with Crippen molar-refractivity contribution in [1.82, 2.24) is 14.7 Å². The first-order chi connectivity index (χ1) is 9.15. The molecule has 0 saturated carbocycles. The minimum Gasteiger partial charge on any atom is -0.394 e. The van der Waals surface area contributed by atoms with Crippen molar-refractivity contribution in [2.24, 2.45) is 0 Å². The van der Waals surface area contributed by atoms with Crippen molar-refractivity contribution in [3.8, 4) is 0 Å². The quantitative estimate of drug-likeness (QED) is 0.868. The van der Waals surface area contributed by atoms with Gasteiger partial charge in [0.25, 0.3) is 0 Å². The molecule has 1 unspecified atom stereocenters. The Hall–Kier alpha value is -0.910. The molecule has 2 heterocycles. The molecular weight excluding hydrogens is 242 g/mol. The van der Waals surface area contributed by atoms with Crippen molar-refractivity contribution in [1.29, 1.82) is 0 Å². The zero-order chi connectivity index (χ0) is 13.8. The van der Waals surface area contributed by atoms with E-state index in [1.54, 1.807) is 7.11 Å². The van der Waals surface area contributed by atoms with Crippen molar-refractivity contribution in [2.45, 2.75) is 45.9 Å². The van der Waals surface area contributed by atoms with Crippen molar-refractivity contribution >= 4 is 0 Å². The average Bonchev–Trinajstić information content (AvgIpc) is 2.67. The number of likely N-dealkylation sites (tertiary alicyclic amines) is 1. The lowest BCUT2D eigenvalue weighted by atomic mass is 10.1. The van der Waals surface area contributed by atoms with Gasteiger partial charge in [-0.3, -0.25) is 9.58 Å². The lowest BCUT2D eigenvalue weighted by Crippen LogP contribution is -2.38. The molecule has 108 valence electrons. The van der Waals surface area contributed by atoms with E-state index in [9.17, 15) is 0 Å². The summed E-state index contributed by atoms with van der Waals surface area (Å²) < 4.78 is 7.37. The summed E-state index contributed by atoms with van der Waals surface area (Å²) in [4.78, 5) is 2.44. The van der Waals surface area contributed by atoms with Crippen LogP contribution >= 0.6 is 0 Å². The van der Waals surface area contributed by atoms with E-state index in [4.69, 9.17) is 9.84 Å². The summed E-state index contributed by atoms with van der Waals surface area (Å²) in [5.41, 5.74) is 3.54. The second-order valence-corrected chi connectivity index (χ2v) is 5.33. The molecule has 0 amide bonds. The van der Waals surface area contributed by atoms with Crippen LogP contribution in [0.2, 0.25) is 0 Å². The van der Waals surface area contributed by atoms with Gasteiger partial charge in [-0.1, -0.05) is 0 Å². The molecule has 19 heavy (non-hydrogen) atoms. The molecule has 1 N–H and O–H groups in total. The Kier molecular flexibility index (Phi) is 4.96. The van der Waals surface area contributed by atoms with Crippen LogP contribution < -0.4 is 0 Å². The number of hydrogen-bond acceptors (Lipinski definition) is 4. The van der Waals surface area contributed by atoms with Gasteiger partial charge in [0.05, 0.1) is 24.9 Å². The number of aryl methyl sites for hydroxylation is 1. The van der Waals surface area contributed by atoms with Crippen molar-refractivity contribution < 1.29 is 9.84 Å². The number of aromatic nitrogens is 2. The summed E-state index contributed by atoms with van der Waals surface area (Å²) in [5, 5.41) is 13.5. The first-order valence-corrected chi connectivity index (χ1v) is 7.04. The topological polar surface area (TPSA) is 50.5 Å². The van der Waals surface area contributed by atoms with Gasteiger partial charge >= 0.3 is 0 Å². The van der Waals surface area contributed by atoms with Gasteiger partial charge in [0.15, 0.2) is 0 Å². The highest BCUT2D eigenvalue weighted by molar-refractivity contribution is 5.24. The number of ether oxygens (including phenoxy) is 1. The van der Waals surface area contributed by atoms with Crippen LogP contribution in [0.1, 0.15) is 29.8 Å². The molecule has 0 bridgehead atoms. The lowest BCUT2D eigenvalue weighted by molar-refractivity contribution is 0.0284. The van der Waals surface area contributed by atoms with Crippen LogP contribution in [0.5, 0.6) is 0 Å². The van der Waals surface area contributed by atoms with E-state index in [2.05, 4.69) is 16.9 Å². The number of methoxy groups -OCH3 is 1. The Morgan fingerprint density at radius 1 is 1.42 bits per heavy atom. The van der Waals surface area contributed by atoms with E-state index in [0.29, 0.717) is 12.6 Å². The monoisotopic (exact) mass is 267 g/mol. The Bertz CT molecular complexity index is 417. The molecule has 1 atom stereocenters. The fraction of sp³-hybridized carbons (Fsp3) is 0.786. The van der Waals surface area contributed by atoms with E-state index in [1.165, 1.54) is 17.7 Å². The van der Waals surface area contributed by atoms with Crippen molar-refractivity contribution in [3.05, 3.63) is 17.0 Å². The minimum absolute atomic E-state index is 0.136. The summed E-state index contributed by atoms with van der Waals surface area (Å²) in [7, 11) is 1.80. The third kappa shape index (κ3) is 3.35. The predicted molar refractivity (Wildman–Crippen MR) is 74.1 cm³/mol. The maximum atomic E-state index is 9.04. The highest BCUT2D eigenvalue weighted by Crippen LogP contribution is 2.19. The number of rotatable bonds is 5. The third-order valence-corrected chi connectivity index (χ3v) is 4.02. The molecule has 0 spiro atoms. The third-order valence-electron chi connectivity index (χ3n) is 4.02. The van der Waals surface area contributed by atoms with E-state index in [-0.39, 0.29) is 6.61 Å². The van der Waals surface area contributed by atoms with Crippen LogP contribution in [0.25, 0.3) is 0 Å². The molecule has 0 aromatic carbocycles. The van der Waals surface area contributed by atoms with Crippen LogP contribution in [0.4, 0.5) is 0 Å². The smallest absolute Gasteiger partial charge is 0.0698 e. The Balaban J connectivity index is 2.06. The number of piperidine rings is 1. The molecule has 1 aromatic rings.